The van der Waals surface area contributed by atoms with Crippen molar-refractivity contribution in [3.05, 3.63) is 66.6 Å². The van der Waals surface area contributed by atoms with Crippen LogP contribution in [0.4, 0.5) is 0 Å². The van der Waals surface area contributed by atoms with E-state index in [0.717, 1.165) is 28.8 Å². The van der Waals surface area contributed by atoms with E-state index in [1.165, 1.54) is 5.39 Å². The van der Waals surface area contributed by atoms with Crippen molar-refractivity contribution in [2.24, 2.45) is 5.92 Å². The van der Waals surface area contributed by atoms with Gasteiger partial charge in [0.15, 0.2) is 0 Å². The van der Waals surface area contributed by atoms with Crippen molar-refractivity contribution < 1.29 is 4.79 Å². The summed E-state index contributed by atoms with van der Waals surface area (Å²) in [5.74, 6) is 1.32. The van der Waals surface area contributed by atoms with Gasteiger partial charge in [-0.3, -0.25) is 4.79 Å². The van der Waals surface area contributed by atoms with E-state index in [2.05, 4.69) is 46.9 Å². The first-order chi connectivity index (χ1) is 13.6. The van der Waals surface area contributed by atoms with E-state index in [4.69, 9.17) is 4.98 Å². The number of carbonyl (C=O) groups excluding carboxylic acids is 1. The number of aryl methyl sites for hydroxylation is 1. The lowest BCUT2D eigenvalue weighted by molar-refractivity contribution is -0.122. The maximum absolute atomic E-state index is 12.7. The predicted octanol–water partition coefficient (Wildman–Crippen LogP) is 4.81. The molecule has 0 saturated heterocycles. The topological polar surface area (TPSA) is 62.7 Å². The van der Waals surface area contributed by atoms with Crippen LogP contribution in [0.1, 0.15) is 38.6 Å². The quantitative estimate of drug-likeness (QED) is 0.487. The molecular formula is C23H26N4O. The molecule has 0 fully saturated rings. The van der Waals surface area contributed by atoms with Crippen LogP contribution in [-0.2, 0) is 11.3 Å². The van der Waals surface area contributed by atoms with Crippen molar-refractivity contribution in [3.63, 3.8) is 0 Å². The number of nitrogens with one attached hydrogen (secondary N) is 2. The van der Waals surface area contributed by atoms with E-state index in [1.54, 1.807) is 0 Å². The number of amides is 1. The second kappa shape index (κ2) is 7.89. The number of imidazole rings is 1. The molecule has 0 aliphatic rings. The Labute approximate surface area is 164 Å². The summed E-state index contributed by atoms with van der Waals surface area (Å²) in [4.78, 5) is 20.8. The molecule has 1 unspecified atom stereocenters. The van der Waals surface area contributed by atoms with Crippen LogP contribution in [0, 0.1) is 5.92 Å². The molecule has 0 aliphatic heterocycles. The number of hydrogen-bond donors (Lipinski definition) is 2. The third kappa shape index (κ3) is 3.93. The first kappa shape index (κ1) is 18.3. The highest BCUT2D eigenvalue weighted by molar-refractivity contribution is 5.81. The van der Waals surface area contributed by atoms with Crippen LogP contribution in [0.15, 0.2) is 60.8 Å². The van der Waals surface area contributed by atoms with Crippen LogP contribution in [0.25, 0.3) is 21.9 Å². The van der Waals surface area contributed by atoms with Gasteiger partial charge in [0.2, 0.25) is 5.91 Å². The van der Waals surface area contributed by atoms with Crippen LogP contribution in [0.2, 0.25) is 0 Å². The number of H-pyrrole nitrogens is 1. The van der Waals surface area contributed by atoms with E-state index in [0.29, 0.717) is 18.9 Å². The monoisotopic (exact) mass is 374 g/mol. The average Bonchev–Trinajstić information content (AvgIpc) is 3.29. The fourth-order valence-electron chi connectivity index (χ4n) is 3.67. The molecule has 1 amide bonds. The molecule has 4 aromatic rings. The Morgan fingerprint density at radius 3 is 2.71 bits per heavy atom. The van der Waals surface area contributed by atoms with Crippen LogP contribution in [0.5, 0.6) is 0 Å². The van der Waals surface area contributed by atoms with Gasteiger partial charge in [0.1, 0.15) is 5.82 Å². The van der Waals surface area contributed by atoms with E-state index < -0.39 is 0 Å². The number of rotatable bonds is 7. The van der Waals surface area contributed by atoms with Crippen LogP contribution < -0.4 is 5.32 Å². The largest absolute Gasteiger partial charge is 0.347 e. The number of carbonyl (C=O) groups is 1. The summed E-state index contributed by atoms with van der Waals surface area (Å²) in [7, 11) is 0. The lowest BCUT2D eigenvalue weighted by Gasteiger charge is -2.19. The molecule has 2 heterocycles. The maximum atomic E-state index is 12.7. The van der Waals surface area contributed by atoms with Gasteiger partial charge < -0.3 is 14.9 Å². The normalized spacial score (nSPS) is 12.7. The molecular weight excluding hydrogens is 348 g/mol. The zero-order valence-corrected chi connectivity index (χ0v) is 16.4. The summed E-state index contributed by atoms with van der Waals surface area (Å²) in [6, 6.07) is 18.2. The van der Waals surface area contributed by atoms with E-state index in [-0.39, 0.29) is 11.9 Å². The van der Waals surface area contributed by atoms with Gasteiger partial charge in [-0.25, -0.2) is 4.98 Å². The Hall–Kier alpha value is -3.08. The fraction of sp³-hybridized carbons (Fsp3) is 0.304. The zero-order chi connectivity index (χ0) is 19.5. The number of nitrogens with zero attached hydrogens (tertiary/aromatic N) is 2. The lowest BCUT2D eigenvalue weighted by Crippen LogP contribution is -2.30. The maximum Gasteiger partial charge on any atom is 0.222 e. The van der Waals surface area contributed by atoms with Gasteiger partial charge in [0, 0.05) is 24.7 Å². The number of para-hydroxylation sites is 3. The van der Waals surface area contributed by atoms with Crippen molar-refractivity contribution in [1.82, 2.24) is 19.9 Å². The van der Waals surface area contributed by atoms with Crippen LogP contribution >= 0.6 is 0 Å². The highest BCUT2D eigenvalue weighted by atomic mass is 16.1. The van der Waals surface area contributed by atoms with E-state index in [1.807, 2.05) is 42.6 Å². The number of benzene rings is 2. The van der Waals surface area contributed by atoms with Gasteiger partial charge in [-0.15, -0.1) is 0 Å². The van der Waals surface area contributed by atoms with Crippen molar-refractivity contribution >= 4 is 27.8 Å². The molecule has 1 atom stereocenters. The molecule has 0 aliphatic carbocycles. The van der Waals surface area contributed by atoms with Gasteiger partial charge in [-0.2, -0.15) is 0 Å². The Balaban J connectivity index is 1.46. The molecule has 2 aromatic carbocycles. The second-order valence-electron chi connectivity index (χ2n) is 7.71. The summed E-state index contributed by atoms with van der Waals surface area (Å²) >= 11 is 0. The van der Waals surface area contributed by atoms with Gasteiger partial charge in [0.05, 0.1) is 17.1 Å². The number of fused-ring (bicyclic) bond motifs is 2. The van der Waals surface area contributed by atoms with Crippen molar-refractivity contribution in [3.8, 4) is 0 Å². The summed E-state index contributed by atoms with van der Waals surface area (Å²) < 4.78 is 2.13. The van der Waals surface area contributed by atoms with E-state index >= 15 is 0 Å². The summed E-state index contributed by atoms with van der Waals surface area (Å²) in [6.07, 6.45) is 3.33. The molecule has 0 radical (unpaired) electrons. The molecule has 28 heavy (non-hydrogen) atoms. The molecule has 0 saturated carbocycles. The molecule has 0 spiro atoms. The number of aromatic amines is 1. The zero-order valence-electron chi connectivity index (χ0n) is 16.4. The van der Waals surface area contributed by atoms with Gasteiger partial charge in [-0.1, -0.05) is 44.2 Å². The van der Waals surface area contributed by atoms with Gasteiger partial charge >= 0.3 is 0 Å². The van der Waals surface area contributed by atoms with Crippen LogP contribution in [-0.4, -0.2) is 20.4 Å². The van der Waals surface area contributed by atoms with E-state index in [9.17, 15) is 4.79 Å². The summed E-state index contributed by atoms with van der Waals surface area (Å²) in [5, 5.41) is 4.39. The molecule has 5 nitrogen and oxygen atoms in total. The Kier molecular flexibility index (Phi) is 5.15. The number of hydrogen-bond acceptors (Lipinski definition) is 2. The van der Waals surface area contributed by atoms with Gasteiger partial charge in [0.25, 0.3) is 0 Å². The molecule has 4 rings (SSSR count). The van der Waals surface area contributed by atoms with Crippen molar-refractivity contribution in [1.29, 1.82) is 0 Å². The first-order valence-corrected chi connectivity index (χ1v) is 9.88. The highest BCUT2D eigenvalue weighted by Gasteiger charge is 2.19. The standard InChI is InChI=1S/C23H26N4O/c1-16(2)15-20(23-25-18-8-4-5-9-19(18)26-23)24-22(28)12-14-27-13-11-17-7-3-6-10-21(17)27/h3-11,13,16,20H,12,14-15H2,1-2H3,(H,24,28)(H,25,26). The Bertz CT molecular complexity index is 1060. The highest BCUT2D eigenvalue weighted by Crippen LogP contribution is 2.22. The third-order valence-electron chi connectivity index (χ3n) is 5.04. The minimum absolute atomic E-state index is 0.0453. The Morgan fingerprint density at radius 1 is 1.11 bits per heavy atom. The number of aromatic nitrogens is 3. The summed E-state index contributed by atoms with van der Waals surface area (Å²) in [6.45, 7) is 4.98. The van der Waals surface area contributed by atoms with Crippen molar-refractivity contribution in [2.45, 2.75) is 39.3 Å². The van der Waals surface area contributed by atoms with Gasteiger partial charge in [-0.05, 0) is 42.0 Å². The Morgan fingerprint density at radius 2 is 1.89 bits per heavy atom. The van der Waals surface area contributed by atoms with Crippen molar-refractivity contribution in [2.75, 3.05) is 0 Å². The second-order valence-corrected chi connectivity index (χ2v) is 7.71. The SMILES string of the molecule is CC(C)CC(NC(=O)CCn1ccc2ccccc21)c1nc2ccccc2[nH]1. The molecule has 0 bridgehead atoms. The summed E-state index contributed by atoms with van der Waals surface area (Å²) in [5.41, 5.74) is 3.09. The molecule has 2 aromatic heterocycles. The predicted molar refractivity (Wildman–Crippen MR) is 113 cm³/mol. The smallest absolute Gasteiger partial charge is 0.222 e. The lowest BCUT2D eigenvalue weighted by atomic mass is 10.0. The molecule has 144 valence electrons. The fourth-order valence-corrected chi connectivity index (χ4v) is 3.67. The average molecular weight is 374 g/mol. The molecule has 5 heteroatoms. The third-order valence-corrected chi connectivity index (χ3v) is 5.04. The van der Waals surface area contributed by atoms with Crippen LogP contribution in [0.3, 0.4) is 0 Å². The molecule has 2 N–H and O–H groups in total. The minimum Gasteiger partial charge on any atom is -0.347 e. The first-order valence-electron chi connectivity index (χ1n) is 9.88. The minimum atomic E-state index is -0.110.